The van der Waals surface area contributed by atoms with E-state index in [0.29, 0.717) is 123 Å². The Morgan fingerprint density at radius 3 is 1.66 bits per heavy atom. The first-order valence-corrected chi connectivity index (χ1v) is 23.9. The van der Waals surface area contributed by atoms with Gasteiger partial charge in [0.2, 0.25) is 5.75 Å². The second-order valence-electron chi connectivity index (χ2n) is 18.5. The number of benzene rings is 4. The topological polar surface area (TPSA) is 209 Å². The number of likely N-dealkylation sites (N-methyl/N-ethyl adjacent to an activating group) is 2. The van der Waals surface area contributed by atoms with Gasteiger partial charge >= 0.3 is 11.9 Å². The number of aliphatic hydroxyl groups excluding tert-OH is 5. The molecule has 4 aromatic rings. The molecule has 0 bridgehead atoms. The number of carbonyl (C=O) groups excluding carboxylic acids is 2. The molecule has 17 heteroatoms. The fraction of sp³-hybridized carbons (Fsp3) is 0.481. The van der Waals surface area contributed by atoms with Gasteiger partial charge in [-0.25, -0.2) is 9.59 Å². The van der Waals surface area contributed by atoms with Gasteiger partial charge in [-0.2, -0.15) is 0 Å². The first-order chi connectivity index (χ1) is 34.2. The highest BCUT2D eigenvalue weighted by atomic mass is 16.5. The molecule has 0 radical (unpaired) electrons. The molecule has 0 spiro atoms. The highest BCUT2D eigenvalue weighted by Gasteiger charge is 2.45. The summed E-state index contributed by atoms with van der Waals surface area (Å²) < 4.78 is 47.1. The molecule has 0 amide bonds. The maximum absolute atomic E-state index is 12.9. The van der Waals surface area contributed by atoms with Crippen LogP contribution in [0.2, 0.25) is 0 Å². The van der Waals surface area contributed by atoms with Gasteiger partial charge in [0.1, 0.15) is 17.8 Å². The van der Waals surface area contributed by atoms with E-state index in [4.69, 9.17) is 37.9 Å². The van der Waals surface area contributed by atoms with Crippen molar-refractivity contribution in [3.05, 3.63) is 116 Å². The normalized spacial score (nSPS) is 19.4. The summed E-state index contributed by atoms with van der Waals surface area (Å²) in [6, 6.07) is 12.9. The fourth-order valence-electron chi connectivity index (χ4n) is 10.8. The molecule has 71 heavy (non-hydrogen) atoms. The quantitative estimate of drug-likeness (QED) is 0.0279. The van der Waals surface area contributed by atoms with Crippen LogP contribution < -0.4 is 28.4 Å². The van der Waals surface area contributed by atoms with Crippen molar-refractivity contribution in [1.82, 2.24) is 0 Å². The van der Waals surface area contributed by atoms with Crippen molar-refractivity contribution >= 4 is 11.9 Å². The zero-order chi connectivity index (χ0) is 51.5. The number of rotatable bonds is 24. The summed E-state index contributed by atoms with van der Waals surface area (Å²) in [5, 5.41) is 50.9. The van der Waals surface area contributed by atoms with Crippen molar-refractivity contribution in [3.63, 3.8) is 0 Å². The van der Waals surface area contributed by atoms with Crippen LogP contribution in [0.5, 0.6) is 34.5 Å². The number of aliphatic hydroxyl groups is 5. The number of quaternary nitrogens is 2. The summed E-state index contributed by atoms with van der Waals surface area (Å²) in [6.45, 7) is 1.56. The van der Waals surface area contributed by atoms with Crippen LogP contribution in [-0.2, 0) is 71.4 Å². The van der Waals surface area contributed by atoms with Crippen LogP contribution >= 0.6 is 0 Å². The van der Waals surface area contributed by atoms with Crippen molar-refractivity contribution in [2.45, 2.75) is 77.2 Å². The van der Waals surface area contributed by atoms with Crippen LogP contribution in [0.4, 0.5) is 0 Å². The van der Waals surface area contributed by atoms with Gasteiger partial charge in [0, 0.05) is 60.9 Å². The number of hydrogen-bond acceptors (Lipinski definition) is 15. The third-order valence-corrected chi connectivity index (χ3v) is 14.4. The zero-order valence-corrected chi connectivity index (χ0v) is 42.4. The minimum atomic E-state index is -0.680. The molecular weight excluding hydrogens is 917 g/mol. The predicted molar refractivity (Wildman–Crippen MR) is 263 cm³/mol. The molecule has 0 fully saturated rings. The molecule has 0 saturated heterocycles. The molecule has 386 valence electrons. The summed E-state index contributed by atoms with van der Waals surface area (Å²) >= 11 is 0. The van der Waals surface area contributed by atoms with Crippen molar-refractivity contribution < 1.29 is 82.0 Å². The van der Waals surface area contributed by atoms with Gasteiger partial charge in [-0.05, 0) is 51.6 Å². The van der Waals surface area contributed by atoms with E-state index in [9.17, 15) is 35.1 Å². The third kappa shape index (κ3) is 11.6. The molecule has 0 aromatic heterocycles. The molecule has 0 saturated carbocycles. The maximum Gasteiger partial charge on any atom is 0.331 e. The van der Waals surface area contributed by atoms with Crippen LogP contribution in [-0.4, -0.2) is 143 Å². The maximum atomic E-state index is 12.9. The predicted octanol–water partition coefficient (Wildman–Crippen LogP) is 4.70. The van der Waals surface area contributed by atoms with Crippen molar-refractivity contribution in [3.8, 4) is 34.5 Å². The lowest BCUT2D eigenvalue weighted by molar-refractivity contribution is -0.941. The van der Waals surface area contributed by atoms with Gasteiger partial charge in [0.15, 0.2) is 23.0 Å². The van der Waals surface area contributed by atoms with E-state index < -0.39 is 11.9 Å². The molecule has 2 aliphatic heterocycles. The molecule has 5 N–H and O–H groups in total. The van der Waals surface area contributed by atoms with Gasteiger partial charge in [0.25, 0.3) is 0 Å². The van der Waals surface area contributed by atoms with Crippen molar-refractivity contribution in [2.75, 3.05) is 96.1 Å². The highest BCUT2D eigenvalue weighted by molar-refractivity contribution is 5.91. The molecule has 2 heterocycles. The van der Waals surface area contributed by atoms with Gasteiger partial charge in [-0.15, -0.1) is 0 Å². The van der Waals surface area contributed by atoms with Crippen LogP contribution in [0.25, 0.3) is 0 Å². The number of fused-ring (bicyclic) bond motifs is 2. The van der Waals surface area contributed by atoms with E-state index >= 15 is 0 Å². The number of nitrogens with zero attached hydrogens (tertiary/aromatic N) is 2. The third-order valence-electron chi connectivity index (χ3n) is 14.4. The first-order valence-electron chi connectivity index (χ1n) is 23.9. The molecule has 6 rings (SSSR count). The number of carbonyl (C=O) groups is 2. The lowest BCUT2D eigenvalue weighted by Gasteiger charge is -2.46. The molecule has 4 aromatic carbocycles. The molecule has 0 aliphatic carbocycles. The average Bonchev–Trinajstić information content (AvgIpc) is 3.39. The van der Waals surface area contributed by atoms with Crippen LogP contribution in [0.3, 0.4) is 0 Å². The summed E-state index contributed by atoms with van der Waals surface area (Å²) in [5.74, 6) is 1.63. The van der Waals surface area contributed by atoms with E-state index in [1.165, 1.54) is 7.11 Å². The summed E-state index contributed by atoms with van der Waals surface area (Å²) in [6.07, 6.45) is 5.05. The Morgan fingerprint density at radius 2 is 1.11 bits per heavy atom. The van der Waals surface area contributed by atoms with E-state index in [1.54, 1.807) is 35.5 Å². The van der Waals surface area contributed by atoms with Gasteiger partial charge in [-0.1, -0.05) is 24.3 Å². The Balaban J connectivity index is 1.11. The number of esters is 2. The van der Waals surface area contributed by atoms with Gasteiger partial charge in [0.05, 0.1) is 140 Å². The Bertz CT molecular complexity index is 2520. The average molecular weight is 989 g/mol. The molecule has 17 nitrogen and oxygen atoms in total. The van der Waals surface area contributed by atoms with Gasteiger partial charge in [-0.3, -0.25) is 0 Å². The Labute approximate surface area is 416 Å². The van der Waals surface area contributed by atoms with E-state index in [1.807, 2.05) is 42.5 Å². The molecular formula is C54H72N2O15+2. The minimum absolute atomic E-state index is 0.0854. The molecule has 2 aliphatic rings. The Kier molecular flexibility index (Phi) is 18.8. The highest BCUT2D eigenvalue weighted by Crippen LogP contribution is 2.53. The molecule has 4 atom stereocenters. The fourth-order valence-corrected chi connectivity index (χ4v) is 10.8. The minimum Gasteiger partial charge on any atom is -0.496 e. The van der Waals surface area contributed by atoms with Crippen LogP contribution in [0, 0.1) is 0 Å². The van der Waals surface area contributed by atoms with E-state index in [2.05, 4.69) is 14.1 Å². The largest absolute Gasteiger partial charge is 0.496 e. The summed E-state index contributed by atoms with van der Waals surface area (Å²) in [5.41, 5.74) is 8.68. The smallest absolute Gasteiger partial charge is 0.331 e. The lowest BCUT2D eigenvalue weighted by atomic mass is 9.82. The second-order valence-corrected chi connectivity index (χ2v) is 18.5. The van der Waals surface area contributed by atoms with Crippen molar-refractivity contribution in [1.29, 1.82) is 0 Å². The SMILES string of the molecule is COc1cc(C2c3c(cc(OC)c(OC)c3OC)CC[N+]2(C)CCCOC(=O)C=CC(=O)OCCC[N+]2(C)CCc3cc(CO)c(CO)c(OC)c3C2Cc2ccc(CO)c(CO)c2)cc(CO)c1OC. The lowest BCUT2D eigenvalue weighted by Crippen LogP contribution is -2.53. The Morgan fingerprint density at radius 1 is 0.563 bits per heavy atom. The monoisotopic (exact) mass is 988 g/mol. The number of hydrogen-bond donors (Lipinski definition) is 5. The van der Waals surface area contributed by atoms with Crippen molar-refractivity contribution in [2.24, 2.45) is 0 Å². The first kappa shape index (κ1) is 54.4. The second kappa shape index (κ2) is 24.5. The van der Waals surface area contributed by atoms with Crippen LogP contribution in [0.15, 0.2) is 54.6 Å². The van der Waals surface area contributed by atoms with E-state index in [0.717, 1.165) is 52.1 Å². The standard InChI is InChI=1S/C54H72N2O15/c1-55(19-15-35-25-40(31-59)42(33-61)52(67-6)48(35)43(55)24-34-11-12-37(29-57)39(23-34)30-58)17-9-21-70-46(62)13-14-47(63)71-22-10-18-56(2)20-16-36-27-45(65-4)53(68-7)54(69-8)49(36)50(56)38-26-41(32-60)51(66-5)44(28-38)64-3/h11-14,23,25-28,43,50,57-61H,9-10,15-22,24,29-33H2,1-8H3/q+2. The Hall–Kier alpha value is -5.92. The number of ether oxygens (including phenoxy) is 8. The summed E-state index contributed by atoms with van der Waals surface area (Å²) in [7, 11) is 13.7. The van der Waals surface area contributed by atoms with E-state index in [-0.39, 0.29) is 58.3 Å². The zero-order valence-electron chi connectivity index (χ0n) is 42.4. The summed E-state index contributed by atoms with van der Waals surface area (Å²) in [4.78, 5) is 25.9. The number of methoxy groups -OCH3 is 6. The van der Waals surface area contributed by atoms with Crippen LogP contribution in [0.1, 0.15) is 86.1 Å². The molecule has 4 unspecified atom stereocenters. The van der Waals surface area contributed by atoms with Gasteiger partial charge < -0.3 is 72.4 Å².